The molecule has 1 aromatic heterocycles. The van der Waals surface area contributed by atoms with Gasteiger partial charge in [-0.2, -0.15) is 0 Å². The first kappa shape index (κ1) is 17.1. The maximum atomic E-state index is 13.6. The molecule has 3 aromatic rings. The van der Waals surface area contributed by atoms with E-state index in [9.17, 15) is 19.7 Å². The van der Waals surface area contributed by atoms with Gasteiger partial charge in [-0.05, 0) is 23.3 Å². The third-order valence-corrected chi connectivity index (χ3v) is 6.85. The summed E-state index contributed by atoms with van der Waals surface area (Å²) < 4.78 is 5.33. The number of hydrogen-bond donors (Lipinski definition) is 0. The number of rotatable bonds is 3. The molecule has 2 bridgehead atoms. The van der Waals surface area contributed by atoms with E-state index < -0.39 is 23.3 Å². The summed E-state index contributed by atoms with van der Waals surface area (Å²) >= 11 is 0. The number of nitrogens with zero attached hydrogens (tertiary/aromatic N) is 2. The SMILES string of the molecule is O=C1[C@@H]2[C@@H](C(=O)N1Cc1ccco1)C1c3ccccc3C2([N+](=O)[O-])c2ccccc21. The maximum absolute atomic E-state index is 13.6. The standard InChI is InChI=1S/C23H16N2O5/c26-21-19-18-14-7-1-3-9-16(14)23(25(28)29,17-10-4-2-8-15(17)18)20(19)22(27)24(21)12-13-6-5-11-30-13/h1-11,18-20H,12H2/t18?,19-,20-,23?/m0/s1. The fraction of sp³-hybridized carbons (Fsp3) is 0.217. The molecule has 30 heavy (non-hydrogen) atoms. The van der Waals surface area contributed by atoms with Crippen LogP contribution in [0.15, 0.2) is 71.3 Å². The van der Waals surface area contributed by atoms with Gasteiger partial charge in [0.15, 0.2) is 0 Å². The third kappa shape index (κ3) is 1.81. The van der Waals surface area contributed by atoms with Crippen molar-refractivity contribution in [3.05, 3.63) is 105 Å². The summed E-state index contributed by atoms with van der Waals surface area (Å²) in [4.78, 5) is 40.6. The molecule has 0 N–H and O–H groups in total. The summed E-state index contributed by atoms with van der Waals surface area (Å²) in [7, 11) is 0. The lowest BCUT2D eigenvalue weighted by Gasteiger charge is -2.48. The van der Waals surface area contributed by atoms with Crippen molar-refractivity contribution in [2.75, 3.05) is 0 Å². The monoisotopic (exact) mass is 400 g/mol. The van der Waals surface area contributed by atoms with Crippen molar-refractivity contribution in [3.8, 4) is 0 Å². The number of carbonyl (C=O) groups excluding carboxylic acids is 2. The summed E-state index contributed by atoms with van der Waals surface area (Å²) in [6.45, 7) is -0.0229. The predicted octanol–water partition coefficient (Wildman–Crippen LogP) is 3.06. The van der Waals surface area contributed by atoms with Gasteiger partial charge in [0.1, 0.15) is 11.7 Å². The van der Waals surface area contributed by atoms with Crippen molar-refractivity contribution in [1.82, 2.24) is 4.90 Å². The van der Waals surface area contributed by atoms with Crippen LogP contribution in [0.4, 0.5) is 0 Å². The lowest BCUT2D eigenvalue weighted by Crippen LogP contribution is -2.57. The second-order valence-electron chi connectivity index (χ2n) is 8.02. The molecule has 0 spiro atoms. The molecule has 2 aromatic carbocycles. The quantitative estimate of drug-likeness (QED) is 0.383. The average molecular weight is 400 g/mol. The number of hydrogen-bond acceptors (Lipinski definition) is 5. The van der Waals surface area contributed by atoms with Crippen LogP contribution in [0.2, 0.25) is 0 Å². The highest BCUT2D eigenvalue weighted by molar-refractivity contribution is 6.08. The van der Waals surface area contributed by atoms with E-state index in [0.29, 0.717) is 16.9 Å². The van der Waals surface area contributed by atoms with Crippen molar-refractivity contribution in [2.24, 2.45) is 11.8 Å². The normalized spacial score (nSPS) is 28.3. The van der Waals surface area contributed by atoms with Crippen LogP contribution in [-0.4, -0.2) is 21.6 Å². The van der Waals surface area contributed by atoms with Crippen molar-refractivity contribution in [3.63, 3.8) is 0 Å². The van der Waals surface area contributed by atoms with E-state index in [0.717, 1.165) is 16.0 Å². The van der Waals surface area contributed by atoms with Gasteiger partial charge in [-0.1, -0.05) is 48.5 Å². The molecule has 7 nitrogen and oxygen atoms in total. The van der Waals surface area contributed by atoms with Crippen LogP contribution in [0.1, 0.15) is 33.9 Å². The van der Waals surface area contributed by atoms with E-state index in [1.807, 2.05) is 24.3 Å². The second kappa shape index (κ2) is 5.66. The lowest BCUT2D eigenvalue weighted by atomic mass is 9.51. The van der Waals surface area contributed by atoms with Crippen LogP contribution in [0.5, 0.6) is 0 Å². The molecule has 0 saturated carbocycles. The minimum absolute atomic E-state index is 0.0229. The summed E-state index contributed by atoms with van der Waals surface area (Å²) in [5.41, 5.74) is 0.768. The highest BCUT2D eigenvalue weighted by Crippen LogP contribution is 2.64. The number of likely N-dealkylation sites (tertiary alicyclic amines) is 1. The Morgan fingerprint density at radius 2 is 1.57 bits per heavy atom. The Kier molecular flexibility index (Phi) is 3.23. The van der Waals surface area contributed by atoms with Gasteiger partial charge in [0, 0.05) is 22.0 Å². The van der Waals surface area contributed by atoms with E-state index in [1.165, 1.54) is 6.26 Å². The van der Waals surface area contributed by atoms with Gasteiger partial charge in [-0.25, -0.2) is 0 Å². The Labute approximate surface area is 171 Å². The molecule has 0 unspecified atom stereocenters. The number of carbonyl (C=O) groups is 2. The average Bonchev–Trinajstić information content (AvgIpc) is 3.37. The fourth-order valence-electron chi connectivity index (χ4n) is 5.82. The molecule has 1 fully saturated rings. The van der Waals surface area contributed by atoms with E-state index in [-0.39, 0.29) is 23.3 Å². The first-order valence-electron chi connectivity index (χ1n) is 9.77. The summed E-state index contributed by atoms with van der Waals surface area (Å²) in [6, 6.07) is 17.7. The lowest BCUT2D eigenvalue weighted by molar-refractivity contribution is -0.578. The number of benzene rings is 2. The Morgan fingerprint density at radius 3 is 2.13 bits per heavy atom. The van der Waals surface area contributed by atoms with E-state index in [4.69, 9.17) is 4.42 Å². The molecular weight excluding hydrogens is 384 g/mol. The van der Waals surface area contributed by atoms with Gasteiger partial charge in [-0.3, -0.25) is 24.6 Å². The molecule has 7 heteroatoms. The van der Waals surface area contributed by atoms with Crippen LogP contribution in [-0.2, 0) is 21.7 Å². The van der Waals surface area contributed by atoms with Crippen molar-refractivity contribution in [2.45, 2.75) is 18.0 Å². The Hall–Kier alpha value is -3.74. The van der Waals surface area contributed by atoms with Crippen LogP contribution >= 0.6 is 0 Å². The van der Waals surface area contributed by atoms with E-state index >= 15 is 0 Å². The summed E-state index contributed by atoms with van der Waals surface area (Å²) in [5.74, 6) is -2.68. The second-order valence-corrected chi connectivity index (χ2v) is 8.02. The van der Waals surface area contributed by atoms with E-state index in [2.05, 4.69) is 0 Å². The van der Waals surface area contributed by atoms with Gasteiger partial charge < -0.3 is 4.42 Å². The van der Waals surface area contributed by atoms with Gasteiger partial charge >= 0.3 is 0 Å². The van der Waals surface area contributed by atoms with Crippen LogP contribution in [0.3, 0.4) is 0 Å². The molecule has 148 valence electrons. The zero-order valence-electron chi connectivity index (χ0n) is 15.7. The highest BCUT2D eigenvalue weighted by Gasteiger charge is 2.74. The fourth-order valence-corrected chi connectivity index (χ4v) is 5.82. The zero-order chi connectivity index (χ0) is 20.6. The highest BCUT2D eigenvalue weighted by atomic mass is 16.6. The minimum Gasteiger partial charge on any atom is -0.467 e. The van der Waals surface area contributed by atoms with Gasteiger partial charge in [0.25, 0.3) is 5.54 Å². The topological polar surface area (TPSA) is 93.7 Å². The molecule has 1 saturated heterocycles. The Bertz CT molecular complexity index is 1180. The molecule has 7 rings (SSSR count). The number of nitro groups is 1. The first-order valence-corrected chi connectivity index (χ1v) is 9.77. The van der Waals surface area contributed by atoms with Crippen molar-refractivity contribution >= 4 is 11.8 Å². The zero-order valence-corrected chi connectivity index (χ0v) is 15.7. The smallest absolute Gasteiger partial charge is 0.284 e. The summed E-state index contributed by atoms with van der Waals surface area (Å²) in [6.07, 6.45) is 1.47. The van der Waals surface area contributed by atoms with Crippen LogP contribution in [0, 0.1) is 22.0 Å². The minimum atomic E-state index is -1.78. The number of imide groups is 1. The van der Waals surface area contributed by atoms with Gasteiger partial charge in [0.05, 0.1) is 18.7 Å². The molecular formula is C23H16N2O5. The van der Waals surface area contributed by atoms with Crippen molar-refractivity contribution < 1.29 is 18.9 Å². The summed E-state index contributed by atoms with van der Waals surface area (Å²) in [5, 5.41) is 12.8. The molecule has 2 heterocycles. The number of amides is 2. The Morgan fingerprint density at radius 1 is 0.933 bits per heavy atom. The first-order chi connectivity index (χ1) is 14.6. The number of furan rings is 1. The molecule has 2 amide bonds. The molecule has 1 aliphatic heterocycles. The van der Waals surface area contributed by atoms with Crippen molar-refractivity contribution in [1.29, 1.82) is 0 Å². The Balaban J connectivity index is 1.63. The van der Waals surface area contributed by atoms with Crippen LogP contribution < -0.4 is 0 Å². The molecule has 3 aliphatic carbocycles. The van der Waals surface area contributed by atoms with Crippen LogP contribution in [0.25, 0.3) is 0 Å². The van der Waals surface area contributed by atoms with Gasteiger partial charge in [-0.15, -0.1) is 0 Å². The third-order valence-electron chi connectivity index (χ3n) is 6.85. The largest absolute Gasteiger partial charge is 0.467 e. The molecule has 0 radical (unpaired) electrons. The maximum Gasteiger partial charge on any atom is 0.284 e. The predicted molar refractivity (Wildman–Crippen MR) is 104 cm³/mol. The van der Waals surface area contributed by atoms with E-state index in [1.54, 1.807) is 36.4 Å². The molecule has 4 aliphatic rings. The molecule has 2 atom stereocenters. The van der Waals surface area contributed by atoms with Gasteiger partial charge in [0.2, 0.25) is 11.8 Å².